The number of nitrogens with two attached hydrogens (primary N) is 2. The standard InChI is InChI=1S/C13H18N4O2/c14-11-7-6-9(8-12(11)17(18)19)13(15)16-10-4-2-1-3-5-10/h6-8,10H,1-5,14H2,(H2,15,16). The first-order chi connectivity index (χ1) is 9.08. The van der Waals surface area contributed by atoms with E-state index in [2.05, 4.69) is 4.99 Å². The summed E-state index contributed by atoms with van der Waals surface area (Å²) < 4.78 is 0. The van der Waals surface area contributed by atoms with E-state index in [9.17, 15) is 10.1 Å². The maximum Gasteiger partial charge on any atom is 0.292 e. The molecule has 1 saturated carbocycles. The smallest absolute Gasteiger partial charge is 0.292 e. The van der Waals surface area contributed by atoms with Crippen LogP contribution >= 0.6 is 0 Å². The van der Waals surface area contributed by atoms with Crippen molar-refractivity contribution in [2.75, 3.05) is 5.73 Å². The number of nitrogens with zero attached hydrogens (tertiary/aromatic N) is 2. The van der Waals surface area contributed by atoms with Gasteiger partial charge in [-0.2, -0.15) is 0 Å². The van der Waals surface area contributed by atoms with E-state index in [0.29, 0.717) is 11.4 Å². The topological polar surface area (TPSA) is 108 Å². The zero-order valence-electron chi connectivity index (χ0n) is 10.7. The van der Waals surface area contributed by atoms with Crippen molar-refractivity contribution >= 4 is 17.2 Å². The Labute approximate surface area is 111 Å². The van der Waals surface area contributed by atoms with Crippen LogP contribution in [0.25, 0.3) is 0 Å². The van der Waals surface area contributed by atoms with Gasteiger partial charge in [0.1, 0.15) is 11.5 Å². The van der Waals surface area contributed by atoms with Crippen LogP contribution in [0.2, 0.25) is 0 Å². The number of hydrogen-bond acceptors (Lipinski definition) is 4. The van der Waals surface area contributed by atoms with Crippen molar-refractivity contribution < 1.29 is 4.92 Å². The predicted octanol–water partition coefficient (Wildman–Crippen LogP) is 2.21. The number of amidine groups is 1. The summed E-state index contributed by atoms with van der Waals surface area (Å²) in [5.74, 6) is 0.356. The van der Waals surface area contributed by atoms with Crippen molar-refractivity contribution in [1.82, 2.24) is 0 Å². The fraction of sp³-hybridized carbons (Fsp3) is 0.462. The van der Waals surface area contributed by atoms with E-state index in [1.165, 1.54) is 31.4 Å². The second-order valence-electron chi connectivity index (χ2n) is 4.84. The Bertz CT molecular complexity index is 507. The minimum absolute atomic E-state index is 0.126. The lowest BCUT2D eigenvalue weighted by atomic mass is 9.96. The molecule has 102 valence electrons. The molecular weight excluding hydrogens is 244 g/mol. The number of aliphatic imine (C=N–C) groups is 1. The zero-order valence-corrected chi connectivity index (χ0v) is 10.7. The Balaban J connectivity index is 2.23. The summed E-state index contributed by atoms with van der Waals surface area (Å²) in [4.78, 5) is 14.8. The molecule has 0 amide bonds. The summed E-state index contributed by atoms with van der Waals surface area (Å²) in [5, 5.41) is 10.8. The van der Waals surface area contributed by atoms with Crippen LogP contribution in [0.3, 0.4) is 0 Å². The Morgan fingerprint density at radius 2 is 2.00 bits per heavy atom. The van der Waals surface area contributed by atoms with Gasteiger partial charge in [0, 0.05) is 11.6 Å². The minimum Gasteiger partial charge on any atom is -0.393 e. The molecule has 19 heavy (non-hydrogen) atoms. The number of rotatable bonds is 3. The molecule has 0 aromatic heterocycles. The molecule has 6 heteroatoms. The number of hydrogen-bond donors (Lipinski definition) is 2. The van der Waals surface area contributed by atoms with E-state index in [1.54, 1.807) is 6.07 Å². The van der Waals surface area contributed by atoms with Crippen LogP contribution in [0.5, 0.6) is 0 Å². The van der Waals surface area contributed by atoms with E-state index in [1.807, 2.05) is 0 Å². The number of nitro benzene ring substituents is 1. The van der Waals surface area contributed by atoms with Crippen LogP contribution in [0.15, 0.2) is 23.2 Å². The molecule has 0 heterocycles. The Morgan fingerprint density at radius 3 is 2.63 bits per heavy atom. The van der Waals surface area contributed by atoms with Crippen LogP contribution in [0.4, 0.5) is 11.4 Å². The summed E-state index contributed by atoms with van der Waals surface area (Å²) in [7, 11) is 0. The first-order valence-corrected chi connectivity index (χ1v) is 6.45. The Morgan fingerprint density at radius 1 is 1.32 bits per heavy atom. The van der Waals surface area contributed by atoms with E-state index in [0.717, 1.165) is 12.8 Å². The lowest BCUT2D eigenvalue weighted by molar-refractivity contribution is -0.383. The van der Waals surface area contributed by atoms with Crippen LogP contribution in [0.1, 0.15) is 37.7 Å². The van der Waals surface area contributed by atoms with Gasteiger partial charge in [0.05, 0.1) is 11.0 Å². The van der Waals surface area contributed by atoms with Gasteiger partial charge in [0.25, 0.3) is 5.69 Å². The summed E-state index contributed by atoms with van der Waals surface area (Å²) in [6, 6.07) is 4.79. The summed E-state index contributed by atoms with van der Waals surface area (Å²) in [5.41, 5.74) is 12.1. The van der Waals surface area contributed by atoms with E-state index in [-0.39, 0.29) is 17.4 Å². The molecule has 2 rings (SSSR count). The molecule has 0 spiro atoms. The van der Waals surface area contributed by atoms with E-state index >= 15 is 0 Å². The molecule has 0 bridgehead atoms. The average Bonchev–Trinajstić information content (AvgIpc) is 2.40. The molecule has 4 N–H and O–H groups in total. The second-order valence-corrected chi connectivity index (χ2v) is 4.84. The minimum atomic E-state index is -0.507. The van der Waals surface area contributed by atoms with Crippen molar-refractivity contribution in [2.24, 2.45) is 10.7 Å². The third-order valence-corrected chi connectivity index (χ3v) is 3.42. The summed E-state index contributed by atoms with van der Waals surface area (Å²) in [6.45, 7) is 0. The number of anilines is 1. The highest BCUT2D eigenvalue weighted by Crippen LogP contribution is 2.24. The van der Waals surface area contributed by atoms with Crippen molar-refractivity contribution in [3.05, 3.63) is 33.9 Å². The van der Waals surface area contributed by atoms with E-state index in [4.69, 9.17) is 11.5 Å². The highest BCUT2D eigenvalue weighted by molar-refractivity contribution is 5.98. The molecule has 0 radical (unpaired) electrons. The van der Waals surface area contributed by atoms with Crippen molar-refractivity contribution in [2.45, 2.75) is 38.1 Å². The molecular formula is C13H18N4O2. The monoisotopic (exact) mass is 262 g/mol. The molecule has 0 saturated heterocycles. The Kier molecular flexibility index (Phi) is 3.99. The summed E-state index contributed by atoms with van der Waals surface area (Å²) >= 11 is 0. The van der Waals surface area contributed by atoms with Crippen LogP contribution in [-0.2, 0) is 0 Å². The predicted molar refractivity (Wildman–Crippen MR) is 75.1 cm³/mol. The van der Waals surface area contributed by atoms with Gasteiger partial charge in [-0.1, -0.05) is 19.3 Å². The zero-order chi connectivity index (χ0) is 13.8. The van der Waals surface area contributed by atoms with Gasteiger partial charge in [-0.25, -0.2) is 0 Å². The highest BCUT2D eigenvalue weighted by Gasteiger charge is 2.16. The number of nitro groups is 1. The van der Waals surface area contributed by atoms with Gasteiger partial charge in [0.2, 0.25) is 0 Å². The van der Waals surface area contributed by atoms with Gasteiger partial charge < -0.3 is 11.5 Å². The normalized spacial score (nSPS) is 17.4. The Hall–Kier alpha value is -2.11. The van der Waals surface area contributed by atoms with Crippen LogP contribution < -0.4 is 11.5 Å². The maximum absolute atomic E-state index is 10.8. The number of benzene rings is 1. The molecule has 1 fully saturated rings. The van der Waals surface area contributed by atoms with Gasteiger partial charge >= 0.3 is 0 Å². The lowest BCUT2D eigenvalue weighted by Gasteiger charge is -2.18. The molecule has 6 nitrogen and oxygen atoms in total. The van der Waals surface area contributed by atoms with Gasteiger partial charge in [-0.3, -0.25) is 15.1 Å². The largest absolute Gasteiger partial charge is 0.393 e. The SMILES string of the molecule is NC(=NC1CCCCC1)c1ccc(N)c([N+](=O)[O-])c1. The molecule has 0 aliphatic heterocycles. The summed E-state index contributed by atoms with van der Waals surface area (Å²) in [6.07, 6.45) is 5.67. The fourth-order valence-corrected chi connectivity index (χ4v) is 2.34. The average molecular weight is 262 g/mol. The molecule has 0 atom stereocenters. The van der Waals surface area contributed by atoms with Crippen molar-refractivity contribution in [3.63, 3.8) is 0 Å². The fourth-order valence-electron chi connectivity index (χ4n) is 2.34. The first-order valence-electron chi connectivity index (χ1n) is 6.45. The first kappa shape index (κ1) is 13.3. The second kappa shape index (κ2) is 5.69. The van der Waals surface area contributed by atoms with Crippen molar-refractivity contribution in [1.29, 1.82) is 0 Å². The van der Waals surface area contributed by atoms with Crippen molar-refractivity contribution in [3.8, 4) is 0 Å². The van der Waals surface area contributed by atoms with Gasteiger partial charge in [-0.15, -0.1) is 0 Å². The molecule has 1 aliphatic rings. The third-order valence-electron chi connectivity index (χ3n) is 3.42. The van der Waals surface area contributed by atoms with Crippen LogP contribution in [-0.4, -0.2) is 16.8 Å². The molecule has 1 aromatic rings. The third kappa shape index (κ3) is 3.21. The lowest BCUT2D eigenvalue weighted by Crippen LogP contribution is -2.20. The molecule has 1 aliphatic carbocycles. The van der Waals surface area contributed by atoms with Gasteiger partial charge in [0.15, 0.2) is 0 Å². The maximum atomic E-state index is 10.8. The highest BCUT2D eigenvalue weighted by atomic mass is 16.6. The number of nitrogen functional groups attached to an aromatic ring is 1. The molecule has 0 unspecified atom stereocenters. The van der Waals surface area contributed by atoms with Gasteiger partial charge in [-0.05, 0) is 25.0 Å². The van der Waals surface area contributed by atoms with E-state index < -0.39 is 4.92 Å². The van der Waals surface area contributed by atoms with Crippen LogP contribution in [0, 0.1) is 10.1 Å². The quantitative estimate of drug-likeness (QED) is 0.286. The molecule has 1 aromatic carbocycles.